The van der Waals surface area contributed by atoms with Gasteiger partial charge in [-0.25, -0.2) is 0 Å². The van der Waals surface area contributed by atoms with E-state index in [9.17, 15) is 4.79 Å². The van der Waals surface area contributed by atoms with Crippen LogP contribution < -0.4 is 0 Å². The summed E-state index contributed by atoms with van der Waals surface area (Å²) in [5.74, 6) is 1.94. The van der Waals surface area contributed by atoms with E-state index in [0.29, 0.717) is 0 Å². The highest BCUT2D eigenvalue weighted by Gasteiger charge is 2.33. The van der Waals surface area contributed by atoms with Crippen LogP contribution in [0.4, 0.5) is 0 Å². The monoisotopic (exact) mass is 260 g/mol. The summed E-state index contributed by atoms with van der Waals surface area (Å²) < 4.78 is 0. The molecule has 3 rings (SSSR count). The van der Waals surface area contributed by atoms with Gasteiger partial charge in [-0.2, -0.15) is 0 Å². The molecule has 0 atom stereocenters. The Labute approximate surface area is 113 Å². The Morgan fingerprint density at radius 1 is 1.33 bits per heavy atom. The highest BCUT2D eigenvalue weighted by atomic mass is 32.2. The van der Waals surface area contributed by atoms with Crippen LogP contribution in [-0.4, -0.2) is 12.0 Å². The van der Waals surface area contributed by atoms with E-state index < -0.39 is 0 Å². The number of aldehydes is 1. The quantitative estimate of drug-likeness (QED) is 0.726. The Hall–Kier alpha value is -0.760. The molecule has 2 heteroatoms. The topological polar surface area (TPSA) is 17.1 Å². The molecule has 1 fully saturated rings. The molecule has 0 N–H and O–H groups in total. The first-order valence-electron chi connectivity index (χ1n) is 6.88. The number of thioether (sulfide) groups is 1. The molecule has 1 heterocycles. The molecular weight excluding hydrogens is 240 g/mol. The molecule has 1 saturated carbocycles. The van der Waals surface area contributed by atoms with Gasteiger partial charge in [-0.3, -0.25) is 4.79 Å². The van der Waals surface area contributed by atoms with Gasteiger partial charge >= 0.3 is 0 Å². The number of hydrogen-bond acceptors (Lipinski definition) is 2. The number of fused-ring (bicyclic) bond motifs is 1. The van der Waals surface area contributed by atoms with Crippen LogP contribution in [0.3, 0.4) is 0 Å². The molecule has 0 amide bonds. The first-order valence-corrected chi connectivity index (χ1v) is 7.87. The van der Waals surface area contributed by atoms with Crippen molar-refractivity contribution >= 4 is 18.0 Å². The van der Waals surface area contributed by atoms with Crippen LogP contribution in [0, 0.1) is 0 Å². The van der Waals surface area contributed by atoms with Gasteiger partial charge in [-0.15, -0.1) is 11.8 Å². The van der Waals surface area contributed by atoms with Crippen molar-refractivity contribution in [2.24, 2.45) is 0 Å². The summed E-state index contributed by atoms with van der Waals surface area (Å²) >= 11 is 2.01. The van der Waals surface area contributed by atoms with E-state index in [-0.39, 0.29) is 5.41 Å². The van der Waals surface area contributed by atoms with Gasteiger partial charge in [0.2, 0.25) is 0 Å². The maximum absolute atomic E-state index is 11.2. The van der Waals surface area contributed by atoms with Crippen molar-refractivity contribution in [1.29, 1.82) is 0 Å². The lowest BCUT2D eigenvalue weighted by Gasteiger charge is -2.26. The molecule has 1 aromatic rings. The van der Waals surface area contributed by atoms with Crippen molar-refractivity contribution in [2.45, 2.75) is 55.8 Å². The number of benzene rings is 1. The lowest BCUT2D eigenvalue weighted by atomic mass is 9.79. The minimum atomic E-state index is 0.210. The molecule has 0 saturated heterocycles. The van der Waals surface area contributed by atoms with Crippen LogP contribution in [-0.2, 0) is 5.41 Å². The van der Waals surface area contributed by atoms with Crippen LogP contribution in [0.25, 0.3) is 0 Å². The average molecular weight is 260 g/mol. The van der Waals surface area contributed by atoms with Crippen LogP contribution in [0.2, 0.25) is 0 Å². The minimum absolute atomic E-state index is 0.210. The fourth-order valence-electron chi connectivity index (χ4n) is 2.93. The van der Waals surface area contributed by atoms with E-state index in [1.54, 1.807) is 0 Å². The van der Waals surface area contributed by atoms with Gasteiger partial charge in [0.05, 0.1) is 0 Å². The number of carbonyl (C=O) groups is 1. The molecule has 0 aromatic heterocycles. The summed E-state index contributed by atoms with van der Waals surface area (Å²) in [6.45, 7) is 4.64. The van der Waals surface area contributed by atoms with E-state index >= 15 is 0 Å². The summed E-state index contributed by atoms with van der Waals surface area (Å²) in [7, 11) is 0. The van der Waals surface area contributed by atoms with E-state index in [0.717, 1.165) is 17.8 Å². The van der Waals surface area contributed by atoms with Crippen molar-refractivity contribution in [3.8, 4) is 0 Å². The van der Waals surface area contributed by atoms with E-state index in [2.05, 4.69) is 26.0 Å². The summed E-state index contributed by atoms with van der Waals surface area (Å²) in [6, 6.07) is 4.27. The van der Waals surface area contributed by atoms with Gasteiger partial charge in [0.25, 0.3) is 0 Å². The highest BCUT2D eigenvalue weighted by molar-refractivity contribution is 7.99. The van der Waals surface area contributed by atoms with Gasteiger partial charge in [-0.05, 0) is 66.0 Å². The second-order valence-electron chi connectivity index (χ2n) is 6.21. The van der Waals surface area contributed by atoms with Crippen LogP contribution >= 0.6 is 11.8 Å². The standard InChI is InChI=1S/C16H20OS/c1-16(2)6-3-7-18-15-13(12-4-5-12)8-11(10-17)9-14(15)16/h8-10,12H,3-7H2,1-2H3. The molecule has 1 aliphatic carbocycles. The molecule has 0 bridgehead atoms. The second-order valence-corrected chi connectivity index (χ2v) is 7.32. The van der Waals surface area contributed by atoms with Gasteiger partial charge in [0.1, 0.15) is 6.29 Å². The molecule has 0 radical (unpaired) electrons. The minimum Gasteiger partial charge on any atom is -0.298 e. The fraction of sp³-hybridized carbons (Fsp3) is 0.562. The third-order valence-corrected chi connectivity index (χ3v) is 5.45. The normalized spacial score (nSPS) is 22.1. The first kappa shape index (κ1) is 12.3. The Bertz CT molecular complexity index is 486. The molecule has 0 spiro atoms. The Morgan fingerprint density at radius 3 is 2.78 bits per heavy atom. The third-order valence-electron chi connectivity index (χ3n) is 4.21. The second kappa shape index (κ2) is 4.41. The zero-order chi connectivity index (χ0) is 12.8. The molecular formula is C16H20OS. The first-order chi connectivity index (χ1) is 8.62. The largest absolute Gasteiger partial charge is 0.298 e. The van der Waals surface area contributed by atoms with Crippen molar-refractivity contribution in [1.82, 2.24) is 0 Å². The van der Waals surface area contributed by atoms with Crippen molar-refractivity contribution in [2.75, 3.05) is 5.75 Å². The maximum Gasteiger partial charge on any atom is 0.150 e. The van der Waals surface area contributed by atoms with Gasteiger partial charge in [0, 0.05) is 10.5 Å². The van der Waals surface area contributed by atoms with E-state index in [1.807, 2.05) is 11.8 Å². The number of carbonyl (C=O) groups excluding carboxylic acids is 1. The Balaban J connectivity index is 2.19. The molecule has 18 heavy (non-hydrogen) atoms. The third kappa shape index (κ3) is 2.11. The molecule has 1 aliphatic heterocycles. The van der Waals surface area contributed by atoms with Gasteiger partial charge in [-0.1, -0.05) is 13.8 Å². The molecule has 1 aromatic carbocycles. The predicted octanol–water partition coefficient (Wildman–Crippen LogP) is 4.54. The van der Waals surface area contributed by atoms with Crippen molar-refractivity contribution in [3.05, 3.63) is 28.8 Å². The maximum atomic E-state index is 11.2. The molecule has 2 aliphatic rings. The zero-order valence-electron chi connectivity index (χ0n) is 11.2. The SMILES string of the molecule is CC1(C)CCCSc2c(C3CC3)cc(C=O)cc21. The summed E-state index contributed by atoms with van der Waals surface area (Å²) in [5.41, 5.74) is 3.94. The van der Waals surface area contributed by atoms with Gasteiger partial charge in [0.15, 0.2) is 0 Å². The summed E-state index contributed by atoms with van der Waals surface area (Å²) in [4.78, 5) is 12.7. The summed E-state index contributed by atoms with van der Waals surface area (Å²) in [6.07, 6.45) is 6.11. The molecule has 96 valence electrons. The van der Waals surface area contributed by atoms with Crippen molar-refractivity contribution < 1.29 is 4.79 Å². The average Bonchev–Trinajstić information content (AvgIpc) is 3.17. The Kier molecular flexibility index (Phi) is 3.01. The fourth-order valence-corrected chi connectivity index (χ4v) is 4.30. The predicted molar refractivity (Wildman–Crippen MR) is 76.8 cm³/mol. The van der Waals surface area contributed by atoms with E-state index in [1.165, 1.54) is 47.5 Å². The van der Waals surface area contributed by atoms with Crippen LogP contribution in [0.1, 0.15) is 66.9 Å². The zero-order valence-corrected chi connectivity index (χ0v) is 12.0. The Morgan fingerprint density at radius 2 is 2.11 bits per heavy atom. The molecule has 1 nitrogen and oxygen atoms in total. The smallest absolute Gasteiger partial charge is 0.150 e. The highest BCUT2D eigenvalue weighted by Crippen LogP contribution is 2.49. The van der Waals surface area contributed by atoms with Crippen LogP contribution in [0.15, 0.2) is 17.0 Å². The lowest BCUT2D eigenvalue weighted by Crippen LogP contribution is -2.18. The summed E-state index contributed by atoms with van der Waals surface area (Å²) in [5, 5.41) is 0. The van der Waals surface area contributed by atoms with Crippen LogP contribution in [0.5, 0.6) is 0 Å². The van der Waals surface area contributed by atoms with Crippen molar-refractivity contribution in [3.63, 3.8) is 0 Å². The number of hydrogen-bond donors (Lipinski definition) is 0. The van der Waals surface area contributed by atoms with E-state index in [4.69, 9.17) is 0 Å². The van der Waals surface area contributed by atoms with Gasteiger partial charge < -0.3 is 0 Å². The lowest BCUT2D eigenvalue weighted by molar-refractivity contribution is 0.112. The molecule has 0 unspecified atom stereocenters. The number of rotatable bonds is 2.